The van der Waals surface area contributed by atoms with E-state index >= 15 is 0 Å². The van der Waals surface area contributed by atoms with Crippen LogP contribution in [-0.4, -0.2) is 43.3 Å². The van der Waals surface area contributed by atoms with Crippen LogP contribution in [0.3, 0.4) is 0 Å². The number of ether oxygens (including phenoxy) is 1. The van der Waals surface area contributed by atoms with Crippen molar-refractivity contribution in [2.75, 3.05) is 37.4 Å². The number of benzene rings is 1. The van der Waals surface area contributed by atoms with Crippen LogP contribution in [0.5, 0.6) is 0 Å². The number of halogens is 1. The van der Waals surface area contributed by atoms with Crippen molar-refractivity contribution in [3.05, 3.63) is 40.1 Å². The molecule has 26 heavy (non-hydrogen) atoms. The van der Waals surface area contributed by atoms with Crippen LogP contribution >= 0.6 is 15.9 Å². The van der Waals surface area contributed by atoms with Gasteiger partial charge in [0.05, 0.1) is 6.10 Å². The second kappa shape index (κ2) is 7.50. The Hall–Kier alpha value is -1.70. The molecule has 3 rings (SSSR count). The quantitative estimate of drug-likeness (QED) is 0.789. The maximum absolute atomic E-state index is 6.19. The van der Waals surface area contributed by atoms with E-state index in [1.54, 1.807) is 0 Å². The summed E-state index contributed by atoms with van der Waals surface area (Å²) in [6, 6.07) is 8.10. The molecule has 1 saturated heterocycles. The first-order valence-electron chi connectivity index (χ1n) is 8.75. The summed E-state index contributed by atoms with van der Waals surface area (Å²) in [7, 11) is 3.95. The van der Waals surface area contributed by atoms with Gasteiger partial charge in [-0.3, -0.25) is 0 Å². The van der Waals surface area contributed by atoms with Crippen LogP contribution in [-0.2, 0) is 10.3 Å². The minimum Gasteiger partial charge on any atom is -0.363 e. The fourth-order valence-electron chi connectivity index (χ4n) is 2.96. The zero-order valence-electron chi connectivity index (χ0n) is 15.9. The normalized spacial score (nSPS) is 22.9. The summed E-state index contributed by atoms with van der Waals surface area (Å²) in [6.45, 7) is 7.69. The van der Waals surface area contributed by atoms with Gasteiger partial charge >= 0.3 is 0 Å². The van der Waals surface area contributed by atoms with Gasteiger partial charge in [-0.1, -0.05) is 22.0 Å². The van der Waals surface area contributed by atoms with Gasteiger partial charge in [0, 0.05) is 43.4 Å². The second-order valence-corrected chi connectivity index (χ2v) is 8.06. The maximum atomic E-state index is 6.19. The molecule has 2 atom stereocenters. The highest BCUT2D eigenvalue weighted by atomic mass is 79.9. The molecule has 140 valence electrons. The highest BCUT2D eigenvalue weighted by molar-refractivity contribution is 9.10. The summed E-state index contributed by atoms with van der Waals surface area (Å²) in [6.07, 6.45) is 0.116. The number of nitrogens with zero attached hydrogens (tertiary/aromatic N) is 3. The van der Waals surface area contributed by atoms with Gasteiger partial charge in [0.15, 0.2) is 5.82 Å². The van der Waals surface area contributed by atoms with Gasteiger partial charge in [-0.05, 0) is 38.5 Å². The molecule has 0 radical (unpaired) electrons. The standard InChI is InChI=1S/C19H26BrN5O/c1-12-6-7-14(8-15(12)20)22-16-9-17(25(4)5)24-18(23-16)19(3)11-21-10-13(2)26-19/h6-9,13,21H,10-11H2,1-5H3,(H,22,23,24)/t13-,19-/m1/s1. The van der Waals surface area contributed by atoms with E-state index in [-0.39, 0.29) is 6.10 Å². The largest absolute Gasteiger partial charge is 0.363 e. The zero-order valence-corrected chi connectivity index (χ0v) is 17.5. The van der Waals surface area contributed by atoms with E-state index in [0.29, 0.717) is 12.4 Å². The molecule has 7 heteroatoms. The number of hydrogen-bond donors (Lipinski definition) is 2. The minimum atomic E-state index is -0.562. The Kier molecular flexibility index (Phi) is 5.50. The van der Waals surface area contributed by atoms with Crippen LogP contribution in [0, 0.1) is 6.92 Å². The third-order valence-electron chi connectivity index (χ3n) is 4.44. The van der Waals surface area contributed by atoms with Crippen LogP contribution in [0.1, 0.15) is 25.2 Å². The van der Waals surface area contributed by atoms with E-state index in [1.165, 1.54) is 5.56 Å². The second-order valence-electron chi connectivity index (χ2n) is 7.21. The predicted octanol–water partition coefficient (Wildman–Crippen LogP) is 3.58. The molecule has 1 aliphatic rings. The van der Waals surface area contributed by atoms with Gasteiger partial charge in [-0.25, -0.2) is 9.97 Å². The van der Waals surface area contributed by atoms with Crippen molar-refractivity contribution in [2.24, 2.45) is 0 Å². The molecule has 2 aromatic rings. The molecule has 0 amide bonds. The fourth-order valence-corrected chi connectivity index (χ4v) is 3.33. The molecule has 2 heterocycles. The Morgan fingerprint density at radius 1 is 1.31 bits per heavy atom. The molecule has 0 unspecified atom stereocenters. The number of anilines is 3. The van der Waals surface area contributed by atoms with Crippen molar-refractivity contribution in [1.29, 1.82) is 0 Å². The van der Waals surface area contributed by atoms with Crippen LogP contribution < -0.4 is 15.5 Å². The zero-order chi connectivity index (χ0) is 18.9. The highest BCUT2D eigenvalue weighted by Crippen LogP contribution is 2.30. The van der Waals surface area contributed by atoms with Crippen LogP contribution in [0.4, 0.5) is 17.3 Å². The number of rotatable bonds is 4. The number of aromatic nitrogens is 2. The SMILES string of the molecule is Cc1ccc(Nc2cc(N(C)C)nc([C@@]3(C)CNC[C@@H](C)O3)n2)cc1Br. The smallest absolute Gasteiger partial charge is 0.166 e. The molecule has 1 aromatic carbocycles. The summed E-state index contributed by atoms with van der Waals surface area (Å²) in [4.78, 5) is 11.5. The van der Waals surface area contributed by atoms with Gasteiger partial charge in [-0.2, -0.15) is 0 Å². The first-order chi connectivity index (χ1) is 12.3. The summed E-state index contributed by atoms with van der Waals surface area (Å²) >= 11 is 3.58. The van der Waals surface area contributed by atoms with Crippen molar-refractivity contribution in [1.82, 2.24) is 15.3 Å². The Morgan fingerprint density at radius 3 is 2.73 bits per heavy atom. The summed E-state index contributed by atoms with van der Waals surface area (Å²) < 4.78 is 7.25. The summed E-state index contributed by atoms with van der Waals surface area (Å²) in [5.74, 6) is 2.26. The first kappa shape index (κ1) is 19.1. The lowest BCUT2D eigenvalue weighted by molar-refractivity contribution is -0.107. The van der Waals surface area contributed by atoms with Crippen molar-refractivity contribution >= 4 is 33.3 Å². The number of hydrogen-bond acceptors (Lipinski definition) is 6. The first-order valence-corrected chi connectivity index (χ1v) is 9.55. The highest BCUT2D eigenvalue weighted by Gasteiger charge is 2.36. The lowest BCUT2D eigenvalue weighted by Crippen LogP contribution is -2.50. The van der Waals surface area contributed by atoms with Gasteiger partial charge < -0.3 is 20.3 Å². The summed E-state index contributed by atoms with van der Waals surface area (Å²) in [5.41, 5.74) is 1.60. The molecule has 0 bridgehead atoms. The fraction of sp³-hybridized carbons (Fsp3) is 0.474. The lowest BCUT2D eigenvalue weighted by atomic mass is 10.0. The van der Waals surface area contributed by atoms with Crippen LogP contribution in [0.25, 0.3) is 0 Å². The van der Waals surface area contributed by atoms with Crippen molar-refractivity contribution in [3.8, 4) is 0 Å². The number of morpholine rings is 1. The molecule has 6 nitrogen and oxygen atoms in total. The van der Waals surface area contributed by atoms with Gasteiger partial charge in [-0.15, -0.1) is 0 Å². The van der Waals surface area contributed by atoms with Gasteiger partial charge in [0.1, 0.15) is 17.2 Å². The van der Waals surface area contributed by atoms with E-state index in [0.717, 1.165) is 28.3 Å². The topological polar surface area (TPSA) is 62.3 Å². The Balaban J connectivity index is 1.97. The third-order valence-corrected chi connectivity index (χ3v) is 5.30. The Bertz CT molecular complexity index is 797. The molecule has 1 fully saturated rings. The third kappa shape index (κ3) is 4.16. The van der Waals surface area contributed by atoms with Crippen molar-refractivity contribution in [2.45, 2.75) is 32.5 Å². The predicted molar refractivity (Wildman–Crippen MR) is 109 cm³/mol. The van der Waals surface area contributed by atoms with E-state index in [2.05, 4.69) is 52.5 Å². The van der Waals surface area contributed by atoms with Crippen LogP contribution in [0.15, 0.2) is 28.7 Å². The molecular formula is C19H26BrN5O. The van der Waals surface area contributed by atoms with Crippen LogP contribution in [0.2, 0.25) is 0 Å². The molecule has 1 aromatic heterocycles. The summed E-state index contributed by atoms with van der Waals surface area (Å²) in [5, 5.41) is 6.80. The average Bonchev–Trinajstić information content (AvgIpc) is 2.58. The molecule has 2 N–H and O–H groups in total. The maximum Gasteiger partial charge on any atom is 0.166 e. The number of nitrogens with one attached hydrogen (secondary N) is 2. The lowest BCUT2D eigenvalue weighted by Gasteiger charge is -2.37. The monoisotopic (exact) mass is 419 g/mol. The molecule has 0 saturated carbocycles. The van der Waals surface area contributed by atoms with E-state index in [9.17, 15) is 0 Å². The van der Waals surface area contributed by atoms with Gasteiger partial charge in [0.2, 0.25) is 0 Å². The Morgan fingerprint density at radius 2 is 2.08 bits per heavy atom. The van der Waals surface area contributed by atoms with E-state index < -0.39 is 5.60 Å². The Labute approximate surface area is 163 Å². The van der Waals surface area contributed by atoms with E-state index in [4.69, 9.17) is 14.7 Å². The molecule has 0 spiro atoms. The molecule has 1 aliphatic heterocycles. The van der Waals surface area contributed by atoms with Crippen molar-refractivity contribution < 1.29 is 4.74 Å². The number of aryl methyl sites for hydroxylation is 1. The van der Waals surface area contributed by atoms with Crippen molar-refractivity contribution in [3.63, 3.8) is 0 Å². The molecular weight excluding hydrogens is 394 g/mol. The minimum absolute atomic E-state index is 0.116. The van der Waals surface area contributed by atoms with E-state index in [1.807, 2.05) is 38.1 Å². The average molecular weight is 420 g/mol. The molecule has 0 aliphatic carbocycles. The van der Waals surface area contributed by atoms with Gasteiger partial charge in [0.25, 0.3) is 0 Å².